The molecular formula is H3Fe5O9. The number of hydrogen-bond donors (Lipinski definition) is 0. The maximum Gasteiger partial charge on any atom is 3.00 e. The van der Waals surface area contributed by atoms with E-state index in [4.69, 9.17) is 0 Å². The van der Waals surface area contributed by atoms with E-state index >= 15 is 0 Å². The van der Waals surface area contributed by atoms with Gasteiger partial charge in [-0.15, -0.1) is 0 Å². The van der Waals surface area contributed by atoms with Crippen molar-refractivity contribution < 1.29 is 135 Å². The van der Waals surface area contributed by atoms with Gasteiger partial charge in [-0.2, -0.15) is 0 Å². The SMILES string of the molecule is [Fe+3].[Fe+3].[Fe+3].[Fe+3].[Fe+3].[O-2].[O-2].[O-2].[O-2].[O-2].[O-2].[OH-].[OH-].[OH-]. The van der Waals surface area contributed by atoms with Crippen LogP contribution in [0.2, 0.25) is 0 Å². The average Bonchev–Trinajstić information content (AvgIpc) is 0. The molecule has 0 bridgehead atoms. The minimum atomic E-state index is 0. The summed E-state index contributed by atoms with van der Waals surface area (Å²) in [4.78, 5) is 0. The Labute approximate surface area is 134 Å². The fourth-order valence-electron chi connectivity index (χ4n) is 0. The molecule has 0 atom stereocenters. The maximum absolute atomic E-state index is 0. The molecule has 0 rings (SSSR count). The Morgan fingerprint density at radius 3 is 0.214 bits per heavy atom. The zero-order chi connectivity index (χ0) is 0. The van der Waals surface area contributed by atoms with Crippen molar-refractivity contribution in [2.75, 3.05) is 0 Å². The Kier molecular flexibility index (Phi) is 33200. The minimum absolute atomic E-state index is 0. The van der Waals surface area contributed by atoms with Gasteiger partial charge in [0.1, 0.15) is 0 Å². The minimum Gasteiger partial charge on any atom is -2.00 e. The van der Waals surface area contributed by atoms with Gasteiger partial charge in [-0.3, -0.25) is 0 Å². The van der Waals surface area contributed by atoms with E-state index in [1.807, 2.05) is 0 Å². The van der Waals surface area contributed by atoms with E-state index in [1.165, 1.54) is 0 Å². The molecule has 0 fully saturated rings. The van der Waals surface area contributed by atoms with Gasteiger partial charge < -0.3 is 49.3 Å². The normalized spacial score (nSPS) is 0. The Bertz CT molecular complexity index is 13.2. The van der Waals surface area contributed by atoms with Crippen molar-refractivity contribution in [1.29, 1.82) is 0 Å². The molecule has 0 spiro atoms. The molecule has 0 aromatic rings. The van der Waals surface area contributed by atoms with Crippen molar-refractivity contribution in [3.05, 3.63) is 0 Å². The predicted octanol–water partition coefficient (Wildman–Crippen LogP) is -1.26. The molecule has 0 aliphatic carbocycles. The molecule has 0 aliphatic heterocycles. The van der Waals surface area contributed by atoms with Crippen LogP contribution in [0.15, 0.2) is 0 Å². The van der Waals surface area contributed by atoms with Crippen LogP contribution in [-0.2, 0) is 118 Å². The number of rotatable bonds is 0. The molecule has 5 radical (unpaired) electrons. The second-order valence-corrected chi connectivity index (χ2v) is 0. The average molecular weight is 426 g/mol. The van der Waals surface area contributed by atoms with Crippen LogP contribution < -0.4 is 0 Å². The Hall–Kier alpha value is 2.24. The van der Waals surface area contributed by atoms with E-state index in [9.17, 15) is 0 Å². The first kappa shape index (κ1) is 753. The molecule has 9 nitrogen and oxygen atoms in total. The Morgan fingerprint density at radius 1 is 0.214 bits per heavy atom. The monoisotopic (exact) mass is 427 g/mol. The molecule has 14 heavy (non-hydrogen) atoms. The number of hydrogen-bond acceptors (Lipinski definition) is 3. The summed E-state index contributed by atoms with van der Waals surface area (Å²) in [6.07, 6.45) is 0. The van der Waals surface area contributed by atoms with Gasteiger partial charge in [0.15, 0.2) is 0 Å². The first-order valence-electron chi connectivity index (χ1n) is 0. The van der Waals surface area contributed by atoms with E-state index in [-0.39, 0.29) is 135 Å². The molecule has 0 aliphatic rings. The van der Waals surface area contributed by atoms with Crippen molar-refractivity contribution in [1.82, 2.24) is 0 Å². The molecule has 3 N–H and O–H groups in total. The molecule has 0 saturated carbocycles. The Balaban J connectivity index is 0. The second kappa shape index (κ2) is 617. The van der Waals surface area contributed by atoms with E-state index in [1.54, 1.807) is 0 Å². The summed E-state index contributed by atoms with van der Waals surface area (Å²) in [6.45, 7) is 0. The van der Waals surface area contributed by atoms with Crippen molar-refractivity contribution in [2.24, 2.45) is 0 Å². The summed E-state index contributed by atoms with van der Waals surface area (Å²) in [7, 11) is 0. The molecule has 0 heterocycles. The van der Waals surface area contributed by atoms with Gasteiger partial charge in [-0.1, -0.05) is 0 Å². The third-order valence-corrected chi connectivity index (χ3v) is 0. The second-order valence-electron chi connectivity index (χ2n) is 0. The van der Waals surface area contributed by atoms with Crippen LogP contribution in [0.4, 0.5) is 0 Å². The largest absolute Gasteiger partial charge is 3.00 e. The zero-order valence-corrected chi connectivity index (χ0v) is 11.1. The summed E-state index contributed by atoms with van der Waals surface area (Å²) < 4.78 is 0. The molecule has 0 saturated heterocycles. The molecule has 0 amide bonds. The van der Waals surface area contributed by atoms with Crippen molar-refractivity contribution >= 4 is 0 Å². The van der Waals surface area contributed by atoms with E-state index < -0.39 is 0 Å². The maximum atomic E-state index is 0. The van der Waals surface area contributed by atoms with Crippen LogP contribution >= 0.6 is 0 Å². The van der Waals surface area contributed by atoms with Crippen molar-refractivity contribution in [2.45, 2.75) is 0 Å². The van der Waals surface area contributed by atoms with Gasteiger partial charge in [0.2, 0.25) is 0 Å². The third kappa shape index (κ3) is 498. The van der Waals surface area contributed by atoms with Crippen molar-refractivity contribution in [3.63, 3.8) is 0 Å². The molecule has 0 aromatic carbocycles. The summed E-state index contributed by atoms with van der Waals surface area (Å²) in [5.74, 6) is 0. The standard InChI is InChI=1S/5Fe.3H2O.6O/h;;;;;3*1H2;;;;;;/q5*+3;;;;6*-2/p-3. The summed E-state index contributed by atoms with van der Waals surface area (Å²) in [5, 5.41) is 0. The molecule has 14 heteroatoms. The van der Waals surface area contributed by atoms with Gasteiger partial charge in [0.05, 0.1) is 0 Å². The van der Waals surface area contributed by atoms with Gasteiger partial charge in [-0.05, 0) is 0 Å². The fourth-order valence-corrected chi connectivity index (χ4v) is 0. The van der Waals surface area contributed by atoms with Gasteiger partial charge in [0.25, 0.3) is 0 Å². The van der Waals surface area contributed by atoms with Gasteiger partial charge in [0, 0.05) is 0 Å². The van der Waals surface area contributed by atoms with Gasteiger partial charge in [-0.25, -0.2) is 0 Å². The smallest absolute Gasteiger partial charge is 2.00 e. The van der Waals surface area contributed by atoms with Crippen LogP contribution in [0, 0.1) is 0 Å². The van der Waals surface area contributed by atoms with Crippen LogP contribution in [0.3, 0.4) is 0 Å². The molecule has 0 unspecified atom stereocenters. The fraction of sp³-hybridized carbons (Fsp3) is 0. The summed E-state index contributed by atoms with van der Waals surface area (Å²) in [5.41, 5.74) is 0. The summed E-state index contributed by atoms with van der Waals surface area (Å²) in [6, 6.07) is 0. The topological polar surface area (TPSA) is 261 Å². The van der Waals surface area contributed by atoms with Crippen LogP contribution in [-0.4, -0.2) is 16.4 Å². The van der Waals surface area contributed by atoms with E-state index in [2.05, 4.69) is 0 Å². The Morgan fingerprint density at radius 2 is 0.214 bits per heavy atom. The quantitative estimate of drug-likeness (QED) is 0.430. The van der Waals surface area contributed by atoms with Gasteiger partial charge >= 0.3 is 85.3 Å². The van der Waals surface area contributed by atoms with E-state index in [0.29, 0.717) is 0 Å². The van der Waals surface area contributed by atoms with E-state index in [0.717, 1.165) is 0 Å². The zero-order valence-electron chi connectivity index (χ0n) is 5.56. The first-order chi connectivity index (χ1) is 0. The molecule has 97 valence electrons. The molecule has 0 aromatic heterocycles. The summed E-state index contributed by atoms with van der Waals surface area (Å²) >= 11 is 0. The predicted molar refractivity (Wildman–Crippen MR) is 9.93 cm³/mol. The first-order valence-corrected chi connectivity index (χ1v) is 0. The third-order valence-electron chi connectivity index (χ3n) is 0. The van der Waals surface area contributed by atoms with Crippen molar-refractivity contribution in [3.8, 4) is 0 Å². The van der Waals surface area contributed by atoms with Crippen LogP contribution in [0.1, 0.15) is 0 Å². The molecular weight excluding hydrogens is 423 g/mol. The van der Waals surface area contributed by atoms with Crippen LogP contribution in [0.5, 0.6) is 0 Å². The van der Waals surface area contributed by atoms with Crippen LogP contribution in [0.25, 0.3) is 0 Å².